The summed E-state index contributed by atoms with van der Waals surface area (Å²) in [5.41, 5.74) is 3.35. The van der Waals surface area contributed by atoms with Crippen molar-refractivity contribution in [2.45, 2.75) is 59.3 Å². The van der Waals surface area contributed by atoms with Gasteiger partial charge in [-0.1, -0.05) is 48.4 Å². The van der Waals surface area contributed by atoms with E-state index in [1.54, 1.807) is 0 Å². The van der Waals surface area contributed by atoms with E-state index < -0.39 is 0 Å². The van der Waals surface area contributed by atoms with Crippen molar-refractivity contribution < 1.29 is 0 Å². The third kappa shape index (κ3) is 5.15. The zero-order valence-corrected chi connectivity index (χ0v) is 20.2. The molecular formula is C25H29ClN6O. The Kier molecular flexibility index (Phi) is 6.63. The average Bonchev–Trinajstić information content (AvgIpc) is 3.25. The van der Waals surface area contributed by atoms with Gasteiger partial charge >= 0.3 is 0 Å². The molecule has 0 saturated carbocycles. The first-order valence-electron chi connectivity index (χ1n) is 11.1. The van der Waals surface area contributed by atoms with Crippen LogP contribution in [0.15, 0.2) is 53.3 Å². The van der Waals surface area contributed by atoms with Crippen molar-refractivity contribution in [3.63, 3.8) is 0 Å². The normalized spacial score (nSPS) is 12.1. The molecule has 0 amide bonds. The Bertz CT molecular complexity index is 1330. The lowest BCUT2D eigenvalue weighted by Gasteiger charge is -2.27. The second kappa shape index (κ2) is 9.45. The minimum Gasteiger partial charge on any atom is -0.322 e. The van der Waals surface area contributed by atoms with Crippen LogP contribution in [0.25, 0.3) is 10.9 Å². The summed E-state index contributed by atoms with van der Waals surface area (Å²) in [6, 6.07) is 15.8. The fourth-order valence-electron chi connectivity index (χ4n) is 3.89. The first-order valence-corrected chi connectivity index (χ1v) is 11.5. The Labute approximate surface area is 198 Å². The molecule has 33 heavy (non-hydrogen) atoms. The Hall–Kier alpha value is -3.03. The smallest absolute Gasteiger partial charge is 0.252 e. The monoisotopic (exact) mass is 464 g/mol. The van der Waals surface area contributed by atoms with Crippen LogP contribution in [-0.2, 0) is 25.2 Å². The van der Waals surface area contributed by atoms with Gasteiger partial charge in [0.05, 0.1) is 12.1 Å². The first-order chi connectivity index (χ1) is 15.8. The summed E-state index contributed by atoms with van der Waals surface area (Å²) in [5.74, 6) is 0.752. The molecule has 172 valence electrons. The van der Waals surface area contributed by atoms with E-state index in [-0.39, 0.29) is 11.1 Å². The third-order valence-electron chi connectivity index (χ3n) is 6.16. The van der Waals surface area contributed by atoms with Crippen LogP contribution in [0.5, 0.6) is 0 Å². The van der Waals surface area contributed by atoms with Crippen molar-refractivity contribution in [3.05, 3.63) is 86.4 Å². The highest BCUT2D eigenvalue weighted by Gasteiger charge is 2.25. The zero-order chi connectivity index (χ0) is 23.6. The summed E-state index contributed by atoms with van der Waals surface area (Å²) in [4.78, 5) is 18.1. The summed E-state index contributed by atoms with van der Waals surface area (Å²) in [7, 11) is 0. The minimum absolute atomic E-state index is 0.0935. The average molecular weight is 465 g/mol. The molecule has 0 spiro atoms. The highest BCUT2D eigenvalue weighted by atomic mass is 35.5. The maximum atomic E-state index is 12.9. The lowest BCUT2D eigenvalue weighted by molar-refractivity contribution is 0.217. The molecule has 0 aliphatic rings. The summed E-state index contributed by atoms with van der Waals surface area (Å²) >= 11 is 6.47. The molecule has 0 aliphatic heterocycles. The number of aromatic amines is 1. The van der Waals surface area contributed by atoms with Crippen molar-refractivity contribution in [2.75, 3.05) is 0 Å². The molecular weight excluding hydrogens is 436 g/mol. The van der Waals surface area contributed by atoms with Gasteiger partial charge in [0, 0.05) is 29.2 Å². The van der Waals surface area contributed by atoms with Gasteiger partial charge < -0.3 is 4.98 Å². The van der Waals surface area contributed by atoms with Crippen LogP contribution in [0.2, 0.25) is 5.02 Å². The number of halogens is 1. The summed E-state index contributed by atoms with van der Waals surface area (Å²) in [5, 5.41) is 14.2. The number of aromatic nitrogens is 5. The largest absolute Gasteiger partial charge is 0.322 e. The molecule has 0 aliphatic carbocycles. The summed E-state index contributed by atoms with van der Waals surface area (Å²) in [6.07, 6.45) is 0.888. The van der Waals surface area contributed by atoms with E-state index in [1.165, 1.54) is 0 Å². The van der Waals surface area contributed by atoms with Crippen molar-refractivity contribution in [3.8, 4) is 0 Å². The van der Waals surface area contributed by atoms with Crippen LogP contribution < -0.4 is 5.56 Å². The predicted octanol–water partition coefficient (Wildman–Crippen LogP) is 4.82. The van der Waals surface area contributed by atoms with Gasteiger partial charge in [-0.15, -0.1) is 5.10 Å². The Morgan fingerprint density at radius 1 is 1.06 bits per heavy atom. The van der Waals surface area contributed by atoms with E-state index in [0.29, 0.717) is 30.2 Å². The van der Waals surface area contributed by atoms with E-state index >= 15 is 0 Å². The van der Waals surface area contributed by atoms with Crippen LogP contribution in [0.1, 0.15) is 49.7 Å². The lowest BCUT2D eigenvalue weighted by atomic mass is 10.0. The van der Waals surface area contributed by atoms with Crippen LogP contribution in [-0.4, -0.2) is 30.1 Å². The zero-order valence-electron chi connectivity index (χ0n) is 19.5. The van der Waals surface area contributed by atoms with E-state index in [2.05, 4.69) is 52.2 Å². The molecule has 4 rings (SSSR count). The number of nitrogens with zero attached hydrogens (tertiary/aromatic N) is 5. The van der Waals surface area contributed by atoms with Crippen molar-refractivity contribution in [1.82, 2.24) is 30.1 Å². The first kappa shape index (κ1) is 23.1. The maximum Gasteiger partial charge on any atom is 0.252 e. The number of rotatable bonds is 8. The molecule has 1 N–H and O–H groups in total. The maximum absolute atomic E-state index is 12.9. The summed E-state index contributed by atoms with van der Waals surface area (Å²) < 4.78 is 1.88. The van der Waals surface area contributed by atoms with E-state index in [0.717, 1.165) is 34.3 Å². The van der Waals surface area contributed by atoms with Crippen molar-refractivity contribution in [1.29, 1.82) is 0 Å². The molecule has 4 aromatic rings. The predicted molar refractivity (Wildman–Crippen MR) is 131 cm³/mol. The number of benzene rings is 2. The van der Waals surface area contributed by atoms with Gasteiger partial charge in [-0.25, -0.2) is 4.68 Å². The molecule has 0 atom stereocenters. The number of hydrogen-bond donors (Lipinski definition) is 1. The molecule has 0 fully saturated rings. The van der Waals surface area contributed by atoms with Gasteiger partial charge in [-0.3, -0.25) is 9.69 Å². The van der Waals surface area contributed by atoms with E-state index in [9.17, 15) is 4.79 Å². The highest BCUT2D eigenvalue weighted by molar-refractivity contribution is 6.31. The van der Waals surface area contributed by atoms with E-state index in [1.807, 2.05) is 54.1 Å². The topological polar surface area (TPSA) is 79.7 Å². The van der Waals surface area contributed by atoms with Gasteiger partial charge in [0.1, 0.15) is 0 Å². The minimum atomic E-state index is -0.215. The molecule has 0 bridgehead atoms. The molecule has 0 saturated heterocycles. The van der Waals surface area contributed by atoms with Crippen molar-refractivity contribution in [2.24, 2.45) is 0 Å². The van der Waals surface area contributed by atoms with Gasteiger partial charge in [-0.05, 0) is 72.8 Å². The number of tetrazole rings is 1. The molecule has 0 radical (unpaired) electrons. The van der Waals surface area contributed by atoms with Crippen molar-refractivity contribution >= 4 is 22.5 Å². The Morgan fingerprint density at radius 3 is 2.58 bits per heavy atom. The second-order valence-corrected chi connectivity index (χ2v) is 9.53. The fraction of sp³-hybridized carbons (Fsp3) is 0.360. The van der Waals surface area contributed by atoms with Gasteiger partial charge in [0.25, 0.3) is 5.56 Å². The van der Waals surface area contributed by atoms with Crippen LogP contribution in [0.3, 0.4) is 0 Å². The number of aryl methyl sites for hydroxylation is 1. The van der Waals surface area contributed by atoms with Crippen LogP contribution in [0, 0.1) is 6.92 Å². The quantitative estimate of drug-likeness (QED) is 0.404. The standard InChI is InChI=1S/C25H29ClN6O/c1-5-25(3,4)32-23(28-29-30-32)16-31(14-18-8-6-7-9-21(18)26)15-20-13-19-12-17(2)10-11-22(19)27-24(20)33/h6-13H,5,14-16H2,1-4H3,(H,27,33). The van der Waals surface area contributed by atoms with Crippen LogP contribution in [0.4, 0.5) is 0 Å². The third-order valence-corrected chi connectivity index (χ3v) is 6.53. The Morgan fingerprint density at radius 2 is 1.82 bits per heavy atom. The van der Waals surface area contributed by atoms with Gasteiger partial charge in [0.15, 0.2) is 5.82 Å². The number of pyridine rings is 1. The number of hydrogen-bond acceptors (Lipinski definition) is 5. The second-order valence-electron chi connectivity index (χ2n) is 9.12. The molecule has 2 aromatic heterocycles. The number of fused-ring (bicyclic) bond motifs is 1. The Balaban J connectivity index is 1.70. The molecule has 8 heteroatoms. The molecule has 2 aromatic carbocycles. The molecule has 2 heterocycles. The van der Waals surface area contributed by atoms with Gasteiger partial charge in [0.2, 0.25) is 0 Å². The molecule has 7 nitrogen and oxygen atoms in total. The van der Waals surface area contributed by atoms with Gasteiger partial charge in [-0.2, -0.15) is 0 Å². The number of nitrogens with one attached hydrogen (secondary N) is 1. The SMILES string of the molecule is CCC(C)(C)n1nnnc1CN(Cc1ccccc1Cl)Cc1cc2cc(C)ccc2[nH]c1=O. The van der Waals surface area contributed by atoms with Crippen LogP contribution >= 0.6 is 11.6 Å². The number of H-pyrrole nitrogens is 1. The summed E-state index contributed by atoms with van der Waals surface area (Å²) in [6.45, 7) is 9.86. The highest BCUT2D eigenvalue weighted by Crippen LogP contribution is 2.23. The van der Waals surface area contributed by atoms with E-state index in [4.69, 9.17) is 11.6 Å². The fourth-order valence-corrected chi connectivity index (χ4v) is 4.08. The molecule has 0 unspecified atom stereocenters. The lowest BCUT2D eigenvalue weighted by Crippen LogP contribution is -2.32.